The van der Waals surface area contributed by atoms with Gasteiger partial charge in [-0.05, 0) is 35.7 Å². The molecule has 1 heterocycles. The summed E-state index contributed by atoms with van der Waals surface area (Å²) < 4.78 is 343. The quantitative estimate of drug-likeness (QED) is 0.0919. The van der Waals surface area contributed by atoms with Crippen molar-refractivity contribution >= 4 is 38.8 Å². The van der Waals surface area contributed by atoms with E-state index in [1.165, 1.54) is 5.39 Å². The Hall–Kier alpha value is -7.09. The zero-order valence-electron chi connectivity index (χ0n) is 35.9. The second-order valence-corrected chi connectivity index (χ2v) is 16.0. The van der Waals surface area contributed by atoms with Crippen molar-refractivity contribution in [2.75, 3.05) is 0 Å². The van der Waals surface area contributed by atoms with Crippen molar-refractivity contribution in [1.82, 2.24) is 0 Å². The van der Waals surface area contributed by atoms with Crippen molar-refractivity contribution in [3.63, 3.8) is 0 Å². The van der Waals surface area contributed by atoms with Gasteiger partial charge < -0.3 is 0 Å². The molecule has 27 heteroatoms. The van der Waals surface area contributed by atoms with Crippen LogP contribution in [-0.2, 0) is 49.4 Å². The second kappa shape index (κ2) is 19.3. The monoisotopic (exact) mass is 1090 g/mol. The molecule has 0 saturated heterocycles. The Kier molecular flexibility index (Phi) is 14.7. The van der Waals surface area contributed by atoms with E-state index in [9.17, 15) is 105 Å². The first-order valence-corrected chi connectivity index (χ1v) is 20.2. The number of aromatic nitrogens is 1. The maximum atomic E-state index is 14.2. The highest BCUT2D eigenvalue weighted by atomic mass is 19.4. The smallest absolute Gasteiger partial charge is 0.231 e. The van der Waals surface area contributed by atoms with Crippen molar-refractivity contribution < 1.29 is 115 Å². The van der Waals surface area contributed by atoms with Crippen molar-refractivity contribution in [2.45, 2.75) is 49.4 Å². The van der Waals surface area contributed by atoms with E-state index >= 15 is 0 Å². The molecule has 0 unspecified atom stereocenters. The molecule has 7 rings (SSSR count). The Labute approximate surface area is 398 Å². The normalized spacial score (nSPS) is 13.4. The fourth-order valence-electron chi connectivity index (χ4n) is 7.90. The van der Waals surface area contributed by atoms with Gasteiger partial charge in [0.1, 0.15) is 6.15 Å². The molecule has 0 atom stereocenters. The van der Waals surface area contributed by atoms with Crippen LogP contribution >= 0.6 is 0 Å². The number of halogens is 24. The summed E-state index contributed by atoms with van der Waals surface area (Å²) >= 11 is 0. The number of rotatable bonds is 6. The minimum Gasteiger partial charge on any atom is -0.231 e. The zero-order chi connectivity index (χ0) is 55.4. The zero-order valence-corrected chi connectivity index (χ0v) is 35.9. The number of hydrogen-bond acceptors (Lipinski definition) is 1. The van der Waals surface area contributed by atoms with Crippen LogP contribution in [0.4, 0.5) is 105 Å². The largest absolute Gasteiger partial charge is 0.416 e. The van der Waals surface area contributed by atoms with Crippen LogP contribution < -0.4 is 31.4 Å². The summed E-state index contributed by atoms with van der Waals surface area (Å²) in [6.07, 6.45) is -51.1. The first-order chi connectivity index (χ1) is 33.7. The number of pyridine rings is 1. The van der Waals surface area contributed by atoms with Gasteiger partial charge in [0, 0.05) is 22.2 Å². The Bertz CT molecular complexity index is 2700. The van der Waals surface area contributed by atoms with Gasteiger partial charge in [-0.1, -0.05) is 91.0 Å². The fraction of sp³-hybridized carbons (Fsp3) is 0.170. The third kappa shape index (κ3) is 12.5. The highest BCUT2D eigenvalue weighted by Crippen LogP contribution is 2.41. The Balaban J connectivity index is 0.000000436. The van der Waals surface area contributed by atoms with Crippen LogP contribution in [-0.4, -0.2) is 6.15 Å². The van der Waals surface area contributed by atoms with Crippen LogP contribution in [0.1, 0.15) is 44.5 Å². The molecule has 0 spiro atoms. The molecular formula is C47H24BF24NO. The minimum atomic E-state index is -6.13. The van der Waals surface area contributed by atoms with E-state index in [1.54, 1.807) is 4.73 Å². The molecule has 1 aromatic heterocycles. The van der Waals surface area contributed by atoms with Crippen LogP contribution in [0, 0.1) is 0 Å². The Morgan fingerprint density at radius 3 is 0.811 bits per heavy atom. The van der Waals surface area contributed by atoms with E-state index in [4.69, 9.17) is 4.84 Å². The molecule has 0 aliphatic rings. The molecule has 0 amide bonds. The molecule has 74 heavy (non-hydrogen) atoms. The van der Waals surface area contributed by atoms with E-state index in [0.717, 1.165) is 11.1 Å². The van der Waals surface area contributed by atoms with Crippen molar-refractivity contribution in [3.05, 3.63) is 190 Å². The number of alkyl halides is 24. The SMILES string of the molecule is FC(F)(F)c1cc([B-](c2cc(C(F)(F)F)cc(C(F)(F)F)c2)(c2cc(C(F)(F)F)cc(C(F)(F)F)c2)c2cc(C(F)(F)F)cc(C(F)(F)F)c2)cc(C(F)(F)F)c1.c1cc[n+](Oc2cccc3ccccc23)cc1. The van der Waals surface area contributed by atoms with Crippen LogP contribution in [0.3, 0.4) is 0 Å². The van der Waals surface area contributed by atoms with Crippen LogP contribution in [0.25, 0.3) is 10.8 Å². The molecule has 0 saturated carbocycles. The number of nitrogens with zero attached hydrogens (tertiary/aromatic N) is 1. The van der Waals surface area contributed by atoms with E-state index < -0.39 is 195 Å². The van der Waals surface area contributed by atoms with E-state index in [0.29, 0.717) is 0 Å². The van der Waals surface area contributed by atoms with Gasteiger partial charge in [0.25, 0.3) is 0 Å². The molecule has 0 radical (unpaired) electrons. The summed E-state index contributed by atoms with van der Waals surface area (Å²) in [5.41, 5.74) is -30.2. The Morgan fingerprint density at radius 2 is 0.541 bits per heavy atom. The van der Waals surface area contributed by atoms with Crippen LogP contribution in [0.5, 0.6) is 5.75 Å². The lowest BCUT2D eigenvalue weighted by molar-refractivity contribution is -0.874. The summed E-state index contributed by atoms with van der Waals surface area (Å²) in [6, 6.07) is 11.3. The predicted octanol–water partition coefficient (Wildman–Crippen LogP) is 14.2. The molecule has 394 valence electrons. The summed E-state index contributed by atoms with van der Waals surface area (Å²) in [5, 5.41) is 2.30. The molecule has 0 aliphatic carbocycles. The lowest BCUT2D eigenvalue weighted by Crippen LogP contribution is -2.75. The number of hydrogen-bond donors (Lipinski definition) is 0. The van der Waals surface area contributed by atoms with Gasteiger partial charge in [-0.3, -0.25) is 0 Å². The van der Waals surface area contributed by atoms with E-state index in [1.807, 2.05) is 54.9 Å². The molecule has 2 nitrogen and oxygen atoms in total. The van der Waals surface area contributed by atoms with Gasteiger partial charge in [0.15, 0.2) is 0 Å². The maximum absolute atomic E-state index is 14.2. The minimum absolute atomic E-state index is 0.691. The third-order valence-corrected chi connectivity index (χ3v) is 11.1. The molecule has 0 fully saturated rings. The van der Waals surface area contributed by atoms with Crippen LogP contribution in [0.2, 0.25) is 0 Å². The molecule has 0 aliphatic heterocycles. The van der Waals surface area contributed by atoms with Crippen molar-refractivity contribution in [1.29, 1.82) is 0 Å². The number of fused-ring (bicyclic) bond motifs is 1. The van der Waals surface area contributed by atoms with Gasteiger partial charge in [-0.2, -0.15) is 127 Å². The standard InChI is InChI=1S/C32H12BF24.C15H12NO/c34-25(35,36)13-1-14(26(37,38)39)6-21(5-13)33(22-7-15(27(40,41)42)2-16(8-22)28(43,44)45,23-9-17(29(46,47)48)3-18(10-23)30(49,50)51)24-11-19(31(52,53)54)4-20(12-24)32(55,56)57;1-4-11-16(12-5-1)17-15-10-6-8-13-7-2-3-9-14(13)15/h1-12H;1-12H/q-1;+1. The highest BCUT2D eigenvalue weighted by molar-refractivity contribution is 7.20. The predicted molar refractivity (Wildman–Crippen MR) is 217 cm³/mol. The van der Waals surface area contributed by atoms with E-state index in [2.05, 4.69) is 18.2 Å². The second-order valence-electron chi connectivity index (χ2n) is 16.0. The van der Waals surface area contributed by atoms with Crippen molar-refractivity contribution in [2.24, 2.45) is 0 Å². The third-order valence-electron chi connectivity index (χ3n) is 11.1. The summed E-state index contributed by atoms with van der Waals surface area (Å²) in [6.45, 7) is 0. The summed E-state index contributed by atoms with van der Waals surface area (Å²) in [7, 11) is 0. The van der Waals surface area contributed by atoms with Gasteiger partial charge in [0.2, 0.25) is 18.1 Å². The summed E-state index contributed by atoms with van der Waals surface area (Å²) in [4.78, 5) is 5.81. The summed E-state index contributed by atoms with van der Waals surface area (Å²) in [5.74, 6) is 0.860. The average molecular weight is 1090 g/mol. The number of benzene rings is 6. The molecule has 7 aromatic rings. The fourth-order valence-corrected chi connectivity index (χ4v) is 7.90. The lowest BCUT2D eigenvalue weighted by Gasteiger charge is -2.46. The van der Waals surface area contributed by atoms with Gasteiger partial charge in [-0.15, -0.1) is 0 Å². The average Bonchev–Trinajstić information content (AvgIpc) is 3.27. The lowest BCUT2D eigenvalue weighted by atomic mass is 9.12. The van der Waals surface area contributed by atoms with E-state index in [-0.39, 0.29) is 0 Å². The molecule has 0 bridgehead atoms. The highest BCUT2D eigenvalue weighted by Gasteiger charge is 2.47. The maximum Gasteiger partial charge on any atom is 0.416 e. The first kappa shape index (κ1) is 56.2. The van der Waals surface area contributed by atoms with Gasteiger partial charge in [0.05, 0.1) is 44.5 Å². The molecule has 6 aromatic carbocycles. The molecule has 0 N–H and O–H groups in total. The Morgan fingerprint density at radius 1 is 0.284 bits per heavy atom. The van der Waals surface area contributed by atoms with Crippen LogP contribution in [0.15, 0.2) is 146 Å². The van der Waals surface area contributed by atoms with Crippen molar-refractivity contribution in [3.8, 4) is 5.75 Å². The molecular weight excluding hydrogens is 1060 g/mol. The topological polar surface area (TPSA) is 13.1 Å². The van der Waals surface area contributed by atoms with Gasteiger partial charge >= 0.3 is 49.4 Å². The first-order valence-electron chi connectivity index (χ1n) is 20.2. The van der Waals surface area contributed by atoms with Gasteiger partial charge in [-0.25, -0.2) is 4.84 Å².